The Morgan fingerprint density at radius 3 is 2.78 bits per heavy atom. The first-order valence-electron chi connectivity index (χ1n) is 8.36. The molecule has 0 atom stereocenters. The molecular weight excluding hydrogens is 348 g/mol. The molecule has 0 aliphatic carbocycles. The lowest BCUT2D eigenvalue weighted by molar-refractivity contribution is 0.0933. The van der Waals surface area contributed by atoms with E-state index in [1.807, 2.05) is 0 Å². The predicted molar refractivity (Wildman–Crippen MR) is 98.2 cm³/mol. The maximum absolute atomic E-state index is 12.3. The molecule has 0 saturated heterocycles. The highest BCUT2D eigenvalue weighted by atomic mass is 16.5. The molecule has 0 saturated carbocycles. The van der Waals surface area contributed by atoms with Gasteiger partial charge in [-0.1, -0.05) is 11.8 Å². The molecular formula is C19H20N4O4. The number of fused-ring (bicyclic) bond motifs is 3. The van der Waals surface area contributed by atoms with Crippen LogP contribution in [0.15, 0.2) is 18.2 Å². The fourth-order valence-electron chi connectivity index (χ4n) is 2.78. The lowest BCUT2D eigenvalue weighted by Crippen LogP contribution is -2.26. The Labute approximate surface area is 156 Å². The van der Waals surface area contributed by atoms with Gasteiger partial charge in [0.05, 0.1) is 12.1 Å². The molecule has 2 aromatic rings. The van der Waals surface area contributed by atoms with E-state index in [1.54, 1.807) is 36.6 Å². The summed E-state index contributed by atoms with van der Waals surface area (Å²) in [5.41, 5.74) is 5.53. The molecule has 0 radical (unpaired) electrons. The topological polar surface area (TPSA) is 119 Å². The highest BCUT2D eigenvalue weighted by Crippen LogP contribution is 2.34. The summed E-state index contributed by atoms with van der Waals surface area (Å²) in [5, 5.41) is 12.3. The molecule has 3 rings (SSSR count). The molecule has 8 heteroatoms. The van der Waals surface area contributed by atoms with Crippen LogP contribution in [0.25, 0.3) is 11.4 Å². The van der Waals surface area contributed by atoms with Crippen LogP contribution in [0, 0.1) is 11.8 Å². The van der Waals surface area contributed by atoms with Crippen LogP contribution in [-0.2, 0) is 6.54 Å². The Morgan fingerprint density at radius 2 is 2.15 bits per heavy atom. The third kappa shape index (κ3) is 3.64. The molecule has 2 amide bonds. The van der Waals surface area contributed by atoms with E-state index in [1.165, 1.54) is 7.05 Å². The quantitative estimate of drug-likeness (QED) is 0.668. The molecule has 1 aromatic heterocycles. The van der Waals surface area contributed by atoms with E-state index in [4.69, 9.17) is 10.5 Å². The van der Waals surface area contributed by atoms with Gasteiger partial charge >= 0.3 is 0 Å². The lowest BCUT2D eigenvalue weighted by Gasteiger charge is -2.08. The van der Waals surface area contributed by atoms with Crippen LogP contribution in [0.3, 0.4) is 0 Å². The van der Waals surface area contributed by atoms with Gasteiger partial charge in [-0.15, -0.1) is 0 Å². The minimum Gasteiger partial charge on any atom is -0.491 e. The van der Waals surface area contributed by atoms with Crippen molar-refractivity contribution in [3.63, 3.8) is 0 Å². The number of primary amides is 1. The van der Waals surface area contributed by atoms with E-state index < -0.39 is 17.4 Å². The van der Waals surface area contributed by atoms with Crippen molar-refractivity contribution >= 4 is 11.8 Å². The van der Waals surface area contributed by atoms with Gasteiger partial charge in [-0.05, 0) is 32.0 Å². The first kappa shape index (κ1) is 18.5. The summed E-state index contributed by atoms with van der Waals surface area (Å²) in [5.74, 6) is 5.38. The van der Waals surface area contributed by atoms with Crippen molar-refractivity contribution < 1.29 is 19.4 Å². The normalized spacial score (nSPS) is 12.6. The van der Waals surface area contributed by atoms with Crippen molar-refractivity contribution in [1.29, 1.82) is 0 Å². The van der Waals surface area contributed by atoms with Crippen LogP contribution < -0.4 is 15.8 Å². The molecule has 0 bridgehead atoms. The number of amides is 2. The van der Waals surface area contributed by atoms with Crippen LogP contribution in [0.1, 0.15) is 40.4 Å². The third-order valence-electron chi connectivity index (χ3n) is 3.95. The minimum absolute atomic E-state index is 0.0924. The Balaban J connectivity index is 2.21. The molecule has 0 fully saturated rings. The molecule has 1 aliphatic rings. The second-order valence-corrected chi connectivity index (χ2v) is 6.60. The highest BCUT2D eigenvalue weighted by Gasteiger charge is 2.29. The number of nitrogens with one attached hydrogen (secondary N) is 1. The lowest BCUT2D eigenvalue weighted by atomic mass is 10.1. The van der Waals surface area contributed by atoms with E-state index in [0.717, 1.165) is 0 Å². The van der Waals surface area contributed by atoms with Crippen LogP contribution >= 0.6 is 0 Å². The SMILES string of the molecule is CNC(=O)c1c(C(N)=O)nc2n1CCOc1ccc(C#CC(C)(C)O)cc1-2. The van der Waals surface area contributed by atoms with Gasteiger partial charge in [0.1, 0.15) is 29.5 Å². The number of rotatable bonds is 2. The summed E-state index contributed by atoms with van der Waals surface area (Å²) in [7, 11) is 1.47. The summed E-state index contributed by atoms with van der Waals surface area (Å²) < 4.78 is 7.38. The van der Waals surface area contributed by atoms with Gasteiger partial charge < -0.3 is 25.5 Å². The zero-order chi connectivity index (χ0) is 19.8. The summed E-state index contributed by atoms with van der Waals surface area (Å²) in [6, 6.07) is 5.26. The zero-order valence-corrected chi connectivity index (χ0v) is 15.3. The van der Waals surface area contributed by atoms with E-state index in [9.17, 15) is 14.7 Å². The number of nitrogens with two attached hydrogens (primary N) is 1. The predicted octanol–water partition coefficient (Wildman–Crippen LogP) is 0.523. The van der Waals surface area contributed by atoms with Gasteiger partial charge in [0.15, 0.2) is 5.69 Å². The standard InChI is InChI=1S/C19H20N4O4/c1-19(2,26)7-6-11-4-5-13-12(10-11)17-22-14(16(20)24)15(18(25)21-3)23(17)8-9-27-13/h4-5,10,26H,8-9H2,1-3H3,(H2,20,24)(H,21,25). The monoisotopic (exact) mass is 368 g/mol. The Bertz CT molecular complexity index is 990. The number of nitrogens with zero attached hydrogens (tertiary/aromatic N) is 2. The largest absolute Gasteiger partial charge is 0.491 e. The molecule has 8 nitrogen and oxygen atoms in total. The Morgan fingerprint density at radius 1 is 1.41 bits per heavy atom. The molecule has 4 N–H and O–H groups in total. The minimum atomic E-state index is -1.13. The average Bonchev–Trinajstić information content (AvgIpc) is 2.90. The van der Waals surface area contributed by atoms with Gasteiger partial charge in [0, 0.05) is 12.6 Å². The number of carbonyl (C=O) groups excluding carboxylic acids is 2. The van der Waals surface area contributed by atoms with E-state index >= 15 is 0 Å². The summed E-state index contributed by atoms with van der Waals surface area (Å²) >= 11 is 0. The summed E-state index contributed by atoms with van der Waals surface area (Å²) in [6.07, 6.45) is 0. The van der Waals surface area contributed by atoms with Crippen LogP contribution in [-0.4, -0.2) is 45.7 Å². The van der Waals surface area contributed by atoms with Gasteiger partial charge in [0.2, 0.25) is 0 Å². The molecule has 2 heterocycles. The number of benzene rings is 1. The highest BCUT2D eigenvalue weighted by molar-refractivity contribution is 6.05. The number of imidazole rings is 1. The average molecular weight is 368 g/mol. The molecule has 1 aromatic carbocycles. The smallest absolute Gasteiger partial charge is 0.270 e. The van der Waals surface area contributed by atoms with E-state index in [2.05, 4.69) is 22.1 Å². The molecule has 140 valence electrons. The van der Waals surface area contributed by atoms with Crippen LogP contribution in [0.2, 0.25) is 0 Å². The van der Waals surface area contributed by atoms with Crippen LogP contribution in [0.5, 0.6) is 5.75 Å². The van der Waals surface area contributed by atoms with Crippen molar-refractivity contribution in [1.82, 2.24) is 14.9 Å². The van der Waals surface area contributed by atoms with Gasteiger partial charge in [0.25, 0.3) is 11.8 Å². The fraction of sp³-hybridized carbons (Fsp3) is 0.316. The molecule has 0 unspecified atom stereocenters. The number of carbonyl (C=O) groups is 2. The zero-order valence-electron chi connectivity index (χ0n) is 15.3. The summed E-state index contributed by atoms with van der Waals surface area (Å²) in [4.78, 5) is 28.4. The Kier molecular flexibility index (Phi) is 4.64. The first-order valence-corrected chi connectivity index (χ1v) is 8.36. The number of hydrogen-bond acceptors (Lipinski definition) is 5. The second-order valence-electron chi connectivity index (χ2n) is 6.60. The maximum Gasteiger partial charge on any atom is 0.270 e. The van der Waals surface area contributed by atoms with E-state index in [0.29, 0.717) is 35.9 Å². The number of hydrogen-bond donors (Lipinski definition) is 3. The number of aliphatic hydroxyl groups is 1. The number of ether oxygens (including phenoxy) is 1. The molecule has 27 heavy (non-hydrogen) atoms. The van der Waals surface area contributed by atoms with Crippen molar-refractivity contribution in [2.75, 3.05) is 13.7 Å². The van der Waals surface area contributed by atoms with Crippen molar-refractivity contribution in [3.8, 4) is 29.0 Å². The molecule has 0 spiro atoms. The van der Waals surface area contributed by atoms with Gasteiger partial charge in [-0.25, -0.2) is 4.98 Å². The van der Waals surface area contributed by atoms with Crippen molar-refractivity contribution in [2.45, 2.75) is 26.0 Å². The number of aromatic nitrogens is 2. The van der Waals surface area contributed by atoms with Crippen molar-refractivity contribution in [3.05, 3.63) is 35.2 Å². The van der Waals surface area contributed by atoms with Crippen molar-refractivity contribution in [2.24, 2.45) is 5.73 Å². The van der Waals surface area contributed by atoms with Crippen LogP contribution in [0.4, 0.5) is 0 Å². The Hall–Kier alpha value is -3.31. The molecule has 1 aliphatic heterocycles. The maximum atomic E-state index is 12.3. The second kappa shape index (κ2) is 6.78. The fourth-order valence-corrected chi connectivity index (χ4v) is 2.78. The van der Waals surface area contributed by atoms with Gasteiger partial charge in [-0.3, -0.25) is 9.59 Å². The van der Waals surface area contributed by atoms with E-state index in [-0.39, 0.29) is 11.4 Å². The summed E-state index contributed by atoms with van der Waals surface area (Å²) in [6.45, 7) is 3.81. The first-order chi connectivity index (χ1) is 12.7. The van der Waals surface area contributed by atoms with Gasteiger partial charge in [-0.2, -0.15) is 0 Å². The third-order valence-corrected chi connectivity index (χ3v) is 3.95.